The molecule has 0 radical (unpaired) electrons. The molecule has 0 heterocycles. The second-order valence-electron chi connectivity index (χ2n) is 10.8. The third-order valence-corrected chi connectivity index (χ3v) is 8.05. The molecular formula is C30H36N4O6S. The molecule has 0 saturated carbocycles. The molecule has 10 nitrogen and oxygen atoms in total. The zero-order valence-corrected chi connectivity index (χ0v) is 24.7. The van der Waals surface area contributed by atoms with Crippen molar-refractivity contribution in [3.05, 3.63) is 100 Å². The number of non-ortho nitro benzene ring substituents is 1. The van der Waals surface area contributed by atoms with Crippen molar-refractivity contribution in [2.45, 2.75) is 64.1 Å². The number of nitro groups is 1. The predicted molar refractivity (Wildman–Crippen MR) is 158 cm³/mol. The first kappa shape index (κ1) is 31.3. The highest BCUT2D eigenvalue weighted by Gasteiger charge is 2.35. The number of anilines is 1. The van der Waals surface area contributed by atoms with Crippen LogP contribution in [0.5, 0.6) is 0 Å². The third-order valence-electron chi connectivity index (χ3n) is 6.26. The lowest BCUT2D eigenvalue weighted by molar-refractivity contribution is -0.384. The van der Waals surface area contributed by atoms with Crippen LogP contribution in [0.2, 0.25) is 0 Å². The molecule has 0 aromatic heterocycles. The lowest BCUT2D eigenvalue weighted by atomic mass is 10.0. The smallest absolute Gasteiger partial charge is 0.271 e. The number of amides is 2. The second-order valence-corrected chi connectivity index (χ2v) is 12.6. The van der Waals surface area contributed by atoms with E-state index in [1.54, 1.807) is 25.1 Å². The first-order chi connectivity index (χ1) is 19.2. The Bertz CT molecular complexity index is 1500. The number of hydrogen-bond acceptors (Lipinski definition) is 6. The van der Waals surface area contributed by atoms with Crippen LogP contribution >= 0.6 is 0 Å². The van der Waals surface area contributed by atoms with Gasteiger partial charge in [-0.25, -0.2) is 8.42 Å². The van der Waals surface area contributed by atoms with Crippen LogP contribution in [-0.4, -0.2) is 48.2 Å². The minimum Gasteiger partial charge on any atom is -0.350 e. The quantitative estimate of drug-likeness (QED) is 0.256. The summed E-state index contributed by atoms with van der Waals surface area (Å²) in [6.07, 6.45) is 0.279. The number of hydrogen-bond donors (Lipinski definition) is 1. The second kappa shape index (κ2) is 12.9. The van der Waals surface area contributed by atoms with Crippen LogP contribution in [0.1, 0.15) is 45.2 Å². The van der Waals surface area contributed by atoms with Crippen LogP contribution in [0, 0.1) is 17.0 Å². The van der Waals surface area contributed by atoms with Gasteiger partial charge in [-0.05, 0) is 57.9 Å². The van der Waals surface area contributed by atoms with Crippen LogP contribution in [0.15, 0.2) is 83.8 Å². The van der Waals surface area contributed by atoms with Crippen molar-refractivity contribution in [1.29, 1.82) is 0 Å². The maximum atomic E-state index is 14.1. The highest BCUT2D eigenvalue weighted by Crippen LogP contribution is 2.28. The number of benzene rings is 3. The van der Waals surface area contributed by atoms with E-state index in [1.165, 1.54) is 35.2 Å². The lowest BCUT2D eigenvalue weighted by Gasteiger charge is -2.34. The van der Waals surface area contributed by atoms with Gasteiger partial charge in [-0.3, -0.25) is 24.0 Å². The highest BCUT2D eigenvalue weighted by atomic mass is 32.2. The molecule has 0 aliphatic rings. The number of rotatable bonds is 11. The van der Waals surface area contributed by atoms with E-state index in [0.717, 1.165) is 21.5 Å². The average Bonchev–Trinajstić information content (AvgIpc) is 2.91. The van der Waals surface area contributed by atoms with Gasteiger partial charge in [0.25, 0.3) is 15.7 Å². The largest absolute Gasteiger partial charge is 0.350 e. The summed E-state index contributed by atoms with van der Waals surface area (Å²) in [4.78, 5) is 39.6. The van der Waals surface area contributed by atoms with E-state index in [1.807, 2.05) is 52.0 Å². The average molecular weight is 581 g/mol. The number of sulfonamides is 1. The van der Waals surface area contributed by atoms with Gasteiger partial charge < -0.3 is 10.2 Å². The van der Waals surface area contributed by atoms with Crippen molar-refractivity contribution >= 4 is 33.2 Å². The number of nitrogens with zero attached hydrogens (tertiary/aromatic N) is 3. The van der Waals surface area contributed by atoms with Gasteiger partial charge in [-0.15, -0.1) is 0 Å². The van der Waals surface area contributed by atoms with Crippen molar-refractivity contribution in [3.8, 4) is 0 Å². The van der Waals surface area contributed by atoms with E-state index in [0.29, 0.717) is 0 Å². The van der Waals surface area contributed by atoms with Crippen LogP contribution in [0.4, 0.5) is 11.4 Å². The first-order valence-corrected chi connectivity index (χ1v) is 14.7. The highest BCUT2D eigenvalue weighted by molar-refractivity contribution is 7.92. The van der Waals surface area contributed by atoms with Gasteiger partial charge in [0, 0.05) is 24.2 Å². The zero-order valence-electron chi connectivity index (χ0n) is 23.9. The molecule has 0 spiro atoms. The Morgan fingerprint density at radius 1 is 0.976 bits per heavy atom. The molecule has 3 aromatic carbocycles. The molecule has 218 valence electrons. The van der Waals surface area contributed by atoms with E-state index >= 15 is 0 Å². The van der Waals surface area contributed by atoms with Gasteiger partial charge in [0.05, 0.1) is 15.5 Å². The Kier molecular flexibility index (Phi) is 9.88. The molecule has 1 unspecified atom stereocenters. The van der Waals surface area contributed by atoms with Gasteiger partial charge in [0.2, 0.25) is 11.8 Å². The molecule has 41 heavy (non-hydrogen) atoms. The zero-order chi connectivity index (χ0) is 30.4. The van der Waals surface area contributed by atoms with Crippen molar-refractivity contribution in [3.63, 3.8) is 0 Å². The van der Waals surface area contributed by atoms with E-state index in [-0.39, 0.29) is 35.1 Å². The standard InChI is InChI=1S/C30H36N4O6S/c1-6-27(29(36)31-30(3,4)5)32(20-23-13-10-12-22(2)18-23)28(35)21-33(24-14-11-15-25(19-24)34(37)38)41(39,40)26-16-8-7-9-17-26/h7-19,27H,6,20-21H2,1-5H3,(H,31,36). The van der Waals surface area contributed by atoms with Gasteiger partial charge in [-0.2, -0.15) is 0 Å². The minimum absolute atomic E-state index is 0.0425. The Hall–Kier alpha value is -4.25. The molecule has 0 aliphatic heterocycles. The fourth-order valence-electron chi connectivity index (χ4n) is 4.39. The van der Waals surface area contributed by atoms with Gasteiger partial charge in [-0.1, -0.05) is 61.0 Å². The summed E-state index contributed by atoms with van der Waals surface area (Å²) in [5, 5.41) is 14.4. The van der Waals surface area contributed by atoms with Crippen molar-refractivity contribution < 1.29 is 22.9 Å². The molecule has 1 N–H and O–H groups in total. The summed E-state index contributed by atoms with van der Waals surface area (Å²) in [7, 11) is -4.32. The van der Waals surface area contributed by atoms with Crippen LogP contribution in [-0.2, 0) is 26.2 Å². The summed E-state index contributed by atoms with van der Waals surface area (Å²) in [6.45, 7) is 8.58. The minimum atomic E-state index is -4.32. The van der Waals surface area contributed by atoms with Crippen LogP contribution in [0.3, 0.4) is 0 Å². The maximum absolute atomic E-state index is 14.1. The van der Waals surface area contributed by atoms with Crippen LogP contribution < -0.4 is 9.62 Å². The van der Waals surface area contributed by atoms with Gasteiger partial charge in [0.1, 0.15) is 12.6 Å². The summed E-state index contributed by atoms with van der Waals surface area (Å²) < 4.78 is 28.5. The number of aryl methyl sites for hydroxylation is 1. The predicted octanol–water partition coefficient (Wildman–Crippen LogP) is 4.82. The van der Waals surface area contributed by atoms with Gasteiger partial charge >= 0.3 is 0 Å². The monoisotopic (exact) mass is 580 g/mol. The third kappa shape index (κ3) is 8.14. The molecule has 2 amide bonds. The van der Waals surface area contributed by atoms with Crippen molar-refractivity contribution in [2.24, 2.45) is 0 Å². The normalized spacial score (nSPS) is 12.3. The topological polar surface area (TPSA) is 130 Å². The molecule has 0 fully saturated rings. The first-order valence-electron chi connectivity index (χ1n) is 13.2. The number of carbonyl (C=O) groups excluding carboxylic acids is 2. The molecular weight excluding hydrogens is 544 g/mol. The van der Waals surface area contributed by atoms with E-state index in [2.05, 4.69) is 5.32 Å². The SMILES string of the molecule is CCC(C(=O)NC(C)(C)C)N(Cc1cccc(C)c1)C(=O)CN(c1cccc([N+](=O)[O-])c1)S(=O)(=O)c1ccccc1. The fourth-order valence-corrected chi connectivity index (χ4v) is 5.82. The molecule has 0 aliphatic carbocycles. The Morgan fingerprint density at radius 3 is 2.22 bits per heavy atom. The molecule has 0 bridgehead atoms. The fraction of sp³-hybridized carbons (Fsp3) is 0.333. The number of nitrogens with one attached hydrogen (secondary N) is 1. The van der Waals surface area contributed by atoms with E-state index in [9.17, 15) is 28.1 Å². The van der Waals surface area contributed by atoms with Crippen LogP contribution in [0.25, 0.3) is 0 Å². The molecule has 3 rings (SSSR count). The van der Waals surface area contributed by atoms with E-state index < -0.39 is 39.0 Å². The summed E-state index contributed by atoms with van der Waals surface area (Å²) in [6, 6.07) is 19.2. The maximum Gasteiger partial charge on any atom is 0.271 e. The summed E-state index contributed by atoms with van der Waals surface area (Å²) in [5.41, 5.74) is 0.809. The summed E-state index contributed by atoms with van der Waals surface area (Å²) >= 11 is 0. The van der Waals surface area contributed by atoms with E-state index in [4.69, 9.17) is 0 Å². The number of nitro benzene ring substituents is 1. The van der Waals surface area contributed by atoms with Crippen molar-refractivity contribution in [2.75, 3.05) is 10.8 Å². The molecule has 0 saturated heterocycles. The Balaban J connectivity index is 2.11. The Morgan fingerprint density at radius 2 is 1.63 bits per heavy atom. The van der Waals surface area contributed by atoms with Gasteiger partial charge in [0.15, 0.2) is 0 Å². The molecule has 11 heteroatoms. The van der Waals surface area contributed by atoms with Crippen molar-refractivity contribution in [1.82, 2.24) is 10.2 Å². The summed E-state index contributed by atoms with van der Waals surface area (Å²) in [5.74, 6) is -0.998. The lowest BCUT2D eigenvalue weighted by Crippen LogP contribution is -2.55. The number of carbonyl (C=O) groups is 2. The molecule has 3 aromatic rings. The molecule has 1 atom stereocenters. The Labute approximate surface area is 241 Å².